The van der Waals surface area contributed by atoms with E-state index >= 15 is 0 Å². The number of ketones is 1. The van der Waals surface area contributed by atoms with Crippen LogP contribution in [0.3, 0.4) is 0 Å². The summed E-state index contributed by atoms with van der Waals surface area (Å²) in [7, 11) is 3.80. The van der Waals surface area contributed by atoms with Gasteiger partial charge in [-0.1, -0.05) is 30.3 Å². The van der Waals surface area contributed by atoms with Crippen molar-refractivity contribution in [1.82, 2.24) is 14.9 Å². The summed E-state index contributed by atoms with van der Waals surface area (Å²) < 4.78 is 0. The highest BCUT2D eigenvalue weighted by Crippen LogP contribution is 2.40. The van der Waals surface area contributed by atoms with Gasteiger partial charge in [0.2, 0.25) is 5.95 Å². The molecule has 136 valence electrons. The fourth-order valence-corrected chi connectivity index (χ4v) is 4.46. The average molecular weight is 350 g/mol. The van der Waals surface area contributed by atoms with Gasteiger partial charge in [-0.15, -0.1) is 0 Å². The zero-order valence-electron chi connectivity index (χ0n) is 15.5. The van der Waals surface area contributed by atoms with E-state index in [9.17, 15) is 4.79 Å². The summed E-state index contributed by atoms with van der Waals surface area (Å²) in [5, 5.41) is 0. The zero-order chi connectivity index (χ0) is 18.1. The molecule has 0 amide bonds. The molecular formula is C21H26N4O. The molecule has 0 N–H and O–H groups in total. The fourth-order valence-electron chi connectivity index (χ4n) is 4.46. The Kier molecular flexibility index (Phi) is 4.72. The van der Waals surface area contributed by atoms with Crippen LogP contribution in [0.25, 0.3) is 0 Å². The first-order valence-corrected chi connectivity index (χ1v) is 9.45. The van der Waals surface area contributed by atoms with Crippen molar-refractivity contribution in [3.8, 4) is 0 Å². The fraction of sp³-hybridized carbons (Fsp3) is 0.476. The molecule has 4 rings (SSSR count). The van der Waals surface area contributed by atoms with Gasteiger partial charge in [0.15, 0.2) is 5.78 Å². The van der Waals surface area contributed by atoms with Gasteiger partial charge in [-0.25, -0.2) is 9.97 Å². The van der Waals surface area contributed by atoms with Gasteiger partial charge in [-0.2, -0.15) is 0 Å². The number of anilines is 1. The monoisotopic (exact) mass is 350 g/mol. The third kappa shape index (κ3) is 3.36. The molecule has 0 spiro atoms. The SMILES string of the molecule is CN(C)c1ncc(C(=O)C2CC3CCC(C2)N3Cc2ccccc2)cn1. The van der Waals surface area contributed by atoms with E-state index in [0.717, 1.165) is 19.4 Å². The number of aromatic nitrogens is 2. The van der Waals surface area contributed by atoms with Crippen molar-refractivity contribution >= 4 is 11.7 Å². The molecule has 3 heterocycles. The highest BCUT2D eigenvalue weighted by Gasteiger charge is 2.42. The molecule has 2 fully saturated rings. The van der Waals surface area contributed by atoms with E-state index in [4.69, 9.17) is 0 Å². The number of rotatable bonds is 5. The summed E-state index contributed by atoms with van der Waals surface area (Å²) in [6.07, 6.45) is 7.69. The van der Waals surface area contributed by atoms with Crippen LogP contribution in [0.1, 0.15) is 41.6 Å². The summed E-state index contributed by atoms with van der Waals surface area (Å²) in [6, 6.07) is 11.7. The third-order valence-corrected chi connectivity index (χ3v) is 5.79. The van der Waals surface area contributed by atoms with Crippen LogP contribution in [0.2, 0.25) is 0 Å². The Morgan fingerprint density at radius 1 is 1.08 bits per heavy atom. The van der Waals surface area contributed by atoms with Crippen molar-refractivity contribution in [3.05, 3.63) is 53.9 Å². The first-order chi connectivity index (χ1) is 12.6. The van der Waals surface area contributed by atoms with E-state index in [-0.39, 0.29) is 11.7 Å². The number of piperidine rings is 1. The first-order valence-electron chi connectivity index (χ1n) is 9.45. The summed E-state index contributed by atoms with van der Waals surface area (Å²) in [6.45, 7) is 0.998. The van der Waals surface area contributed by atoms with Gasteiger partial charge in [-0.05, 0) is 31.2 Å². The van der Waals surface area contributed by atoms with Crippen LogP contribution >= 0.6 is 0 Å². The van der Waals surface area contributed by atoms with Crippen LogP contribution in [-0.4, -0.2) is 46.8 Å². The second kappa shape index (κ2) is 7.16. The van der Waals surface area contributed by atoms with Crippen molar-refractivity contribution < 1.29 is 4.79 Å². The molecule has 2 bridgehead atoms. The van der Waals surface area contributed by atoms with E-state index in [1.165, 1.54) is 18.4 Å². The Morgan fingerprint density at radius 2 is 1.69 bits per heavy atom. The van der Waals surface area contributed by atoms with Gasteiger partial charge in [0.05, 0.1) is 5.56 Å². The Balaban J connectivity index is 1.44. The second-order valence-electron chi connectivity index (χ2n) is 7.74. The van der Waals surface area contributed by atoms with Gasteiger partial charge >= 0.3 is 0 Å². The third-order valence-electron chi connectivity index (χ3n) is 5.79. The average Bonchev–Trinajstić information content (AvgIpc) is 2.90. The minimum absolute atomic E-state index is 0.105. The molecule has 1 aromatic heterocycles. The Labute approximate surface area is 155 Å². The van der Waals surface area contributed by atoms with Gasteiger partial charge < -0.3 is 4.90 Å². The molecule has 0 aliphatic carbocycles. The maximum atomic E-state index is 13.0. The number of fused-ring (bicyclic) bond motifs is 2. The Hall–Kier alpha value is -2.27. The lowest BCUT2D eigenvalue weighted by atomic mass is 9.85. The van der Waals surface area contributed by atoms with E-state index in [1.54, 1.807) is 12.4 Å². The lowest BCUT2D eigenvalue weighted by Crippen LogP contribution is -2.44. The molecule has 2 aliphatic heterocycles. The normalized spacial score (nSPS) is 25.2. The lowest BCUT2D eigenvalue weighted by Gasteiger charge is -2.38. The van der Waals surface area contributed by atoms with Crippen LogP contribution in [0.15, 0.2) is 42.7 Å². The minimum atomic E-state index is 0.105. The highest BCUT2D eigenvalue weighted by atomic mass is 16.1. The largest absolute Gasteiger partial charge is 0.347 e. The standard InChI is InChI=1S/C21H26N4O/c1-24(2)21-22-12-17(13-23-21)20(26)16-10-18-8-9-19(11-16)25(18)14-15-6-4-3-5-7-15/h3-7,12-13,16,18-19H,8-11,14H2,1-2H3. The molecule has 5 nitrogen and oxygen atoms in total. The van der Waals surface area contributed by atoms with Crippen LogP contribution in [0, 0.1) is 5.92 Å². The summed E-state index contributed by atoms with van der Waals surface area (Å²) in [4.78, 5) is 26.0. The molecule has 26 heavy (non-hydrogen) atoms. The lowest BCUT2D eigenvalue weighted by molar-refractivity contribution is 0.0677. The number of nitrogens with zero attached hydrogens (tertiary/aromatic N) is 4. The van der Waals surface area contributed by atoms with Crippen LogP contribution < -0.4 is 4.90 Å². The van der Waals surface area contributed by atoms with Crippen molar-refractivity contribution in [2.45, 2.75) is 44.3 Å². The molecule has 1 aromatic carbocycles. The van der Waals surface area contributed by atoms with E-state index in [0.29, 0.717) is 23.6 Å². The number of Topliss-reactive ketones (excluding diaryl/α,β-unsaturated/α-hetero) is 1. The van der Waals surface area contributed by atoms with Gasteiger partial charge in [0.25, 0.3) is 0 Å². The van der Waals surface area contributed by atoms with Gasteiger partial charge in [0.1, 0.15) is 0 Å². The van der Waals surface area contributed by atoms with Crippen molar-refractivity contribution in [2.75, 3.05) is 19.0 Å². The zero-order valence-corrected chi connectivity index (χ0v) is 15.5. The van der Waals surface area contributed by atoms with Crippen LogP contribution in [-0.2, 0) is 6.54 Å². The molecule has 2 aromatic rings. The molecule has 0 radical (unpaired) electrons. The molecule has 2 atom stereocenters. The Bertz CT molecular complexity index is 745. The molecule has 2 unspecified atom stereocenters. The quantitative estimate of drug-likeness (QED) is 0.775. The molecule has 2 aliphatic rings. The van der Waals surface area contributed by atoms with E-state index < -0.39 is 0 Å². The van der Waals surface area contributed by atoms with Crippen LogP contribution in [0.4, 0.5) is 5.95 Å². The number of hydrogen-bond donors (Lipinski definition) is 0. The molecule has 5 heteroatoms. The topological polar surface area (TPSA) is 49.3 Å². The molecule has 2 saturated heterocycles. The highest BCUT2D eigenvalue weighted by molar-refractivity contribution is 5.97. The maximum Gasteiger partial charge on any atom is 0.224 e. The van der Waals surface area contributed by atoms with E-state index in [2.05, 4.69) is 45.2 Å². The maximum absolute atomic E-state index is 13.0. The first kappa shape index (κ1) is 17.2. The van der Waals surface area contributed by atoms with Gasteiger partial charge in [-0.3, -0.25) is 9.69 Å². The second-order valence-corrected chi connectivity index (χ2v) is 7.74. The summed E-state index contributed by atoms with van der Waals surface area (Å²) in [5.41, 5.74) is 2.01. The number of carbonyl (C=O) groups excluding carboxylic acids is 1. The smallest absolute Gasteiger partial charge is 0.224 e. The summed E-state index contributed by atoms with van der Waals surface area (Å²) >= 11 is 0. The predicted molar refractivity (Wildman–Crippen MR) is 102 cm³/mol. The van der Waals surface area contributed by atoms with E-state index in [1.807, 2.05) is 19.0 Å². The van der Waals surface area contributed by atoms with Crippen molar-refractivity contribution in [3.63, 3.8) is 0 Å². The Morgan fingerprint density at radius 3 is 2.27 bits per heavy atom. The number of hydrogen-bond acceptors (Lipinski definition) is 5. The van der Waals surface area contributed by atoms with Crippen LogP contribution in [0.5, 0.6) is 0 Å². The number of benzene rings is 1. The minimum Gasteiger partial charge on any atom is -0.347 e. The van der Waals surface area contributed by atoms with Gasteiger partial charge in [0, 0.05) is 51.0 Å². The molecule has 0 saturated carbocycles. The summed E-state index contributed by atoms with van der Waals surface area (Å²) in [5.74, 6) is 0.958. The number of carbonyl (C=O) groups is 1. The predicted octanol–water partition coefficient (Wildman–Crippen LogP) is 3.17. The van der Waals surface area contributed by atoms with Crippen molar-refractivity contribution in [2.24, 2.45) is 5.92 Å². The molecular weight excluding hydrogens is 324 g/mol. The van der Waals surface area contributed by atoms with Crippen molar-refractivity contribution in [1.29, 1.82) is 0 Å².